The molecule has 0 fully saturated rings. The van der Waals surface area contributed by atoms with Crippen molar-refractivity contribution < 1.29 is 12.8 Å². The third-order valence-corrected chi connectivity index (χ3v) is 3.66. The van der Waals surface area contributed by atoms with Crippen molar-refractivity contribution in [1.82, 2.24) is 19.9 Å². The molecule has 0 atom stereocenters. The number of H-pyrrole nitrogens is 1. The van der Waals surface area contributed by atoms with Gasteiger partial charge in [-0.3, -0.25) is 5.10 Å². The van der Waals surface area contributed by atoms with Crippen molar-refractivity contribution in [3.63, 3.8) is 0 Å². The first-order chi connectivity index (χ1) is 8.53. The van der Waals surface area contributed by atoms with E-state index in [9.17, 15) is 8.42 Å². The van der Waals surface area contributed by atoms with Crippen molar-refractivity contribution in [2.45, 2.75) is 25.0 Å². The molecule has 0 saturated heterocycles. The molecule has 0 unspecified atom stereocenters. The van der Waals surface area contributed by atoms with Crippen molar-refractivity contribution in [2.24, 2.45) is 5.73 Å². The summed E-state index contributed by atoms with van der Waals surface area (Å²) in [5.74, 6) is 0.915. The lowest BCUT2D eigenvalue weighted by atomic mass is 10.4. The Morgan fingerprint density at radius 1 is 1.50 bits per heavy atom. The zero-order valence-corrected chi connectivity index (χ0v) is 10.5. The van der Waals surface area contributed by atoms with Gasteiger partial charge in [0.1, 0.15) is 5.76 Å². The topological polar surface area (TPSA) is 127 Å². The highest BCUT2D eigenvalue weighted by molar-refractivity contribution is 7.89. The third-order valence-electron chi connectivity index (χ3n) is 2.25. The minimum atomic E-state index is -3.70. The molecule has 2 heterocycles. The fourth-order valence-corrected chi connectivity index (χ4v) is 2.50. The van der Waals surface area contributed by atoms with Crippen LogP contribution in [0, 0.1) is 6.92 Å². The van der Waals surface area contributed by atoms with Gasteiger partial charge in [-0.1, -0.05) is 0 Å². The second-order valence-electron chi connectivity index (χ2n) is 3.62. The van der Waals surface area contributed by atoms with Gasteiger partial charge < -0.3 is 10.2 Å². The van der Waals surface area contributed by atoms with E-state index in [1.54, 1.807) is 6.92 Å². The van der Waals surface area contributed by atoms with Crippen molar-refractivity contribution >= 4 is 10.0 Å². The van der Waals surface area contributed by atoms with Gasteiger partial charge in [0, 0.05) is 12.1 Å². The Labute approximate surface area is 104 Å². The van der Waals surface area contributed by atoms with Crippen LogP contribution in [0.15, 0.2) is 21.8 Å². The summed E-state index contributed by atoms with van der Waals surface area (Å²) in [6.07, 6.45) is 2.90. The smallest absolute Gasteiger partial charge is 0.258 e. The zero-order valence-electron chi connectivity index (χ0n) is 9.67. The van der Waals surface area contributed by atoms with Gasteiger partial charge in [0.25, 0.3) is 10.0 Å². The van der Waals surface area contributed by atoms with Gasteiger partial charge in [-0.25, -0.2) is 18.1 Å². The molecule has 0 amide bonds. The summed E-state index contributed by atoms with van der Waals surface area (Å²) < 4.78 is 31.4. The number of hydrogen-bond acceptors (Lipinski definition) is 6. The number of nitrogens with two attached hydrogens (primary N) is 1. The van der Waals surface area contributed by atoms with Crippen LogP contribution >= 0.6 is 0 Å². The molecular weight excluding hydrogens is 258 g/mol. The van der Waals surface area contributed by atoms with E-state index in [0.29, 0.717) is 17.2 Å². The fraction of sp³-hybridized carbons (Fsp3) is 0.333. The lowest BCUT2D eigenvalue weighted by molar-refractivity contribution is 0.463. The molecule has 0 aromatic carbocycles. The predicted octanol–water partition coefficient (Wildman–Crippen LogP) is -0.357. The first kappa shape index (κ1) is 12.7. The van der Waals surface area contributed by atoms with E-state index in [4.69, 9.17) is 10.2 Å². The Morgan fingerprint density at radius 2 is 2.28 bits per heavy atom. The van der Waals surface area contributed by atoms with Crippen LogP contribution in [-0.4, -0.2) is 23.6 Å². The van der Waals surface area contributed by atoms with Crippen LogP contribution in [0.3, 0.4) is 0 Å². The molecule has 98 valence electrons. The molecule has 18 heavy (non-hydrogen) atoms. The average Bonchev–Trinajstić information content (AvgIpc) is 2.95. The number of rotatable bonds is 5. The maximum atomic E-state index is 11.9. The fourth-order valence-electron chi connectivity index (χ4n) is 1.39. The Bertz CT molecular complexity index is 630. The minimum absolute atomic E-state index is 0.0286. The lowest BCUT2D eigenvalue weighted by Gasteiger charge is -2.04. The van der Waals surface area contributed by atoms with Crippen LogP contribution in [-0.2, 0) is 23.1 Å². The molecule has 4 N–H and O–H groups in total. The maximum absolute atomic E-state index is 11.9. The minimum Gasteiger partial charge on any atom is -0.445 e. The Kier molecular flexibility index (Phi) is 3.45. The summed E-state index contributed by atoms with van der Waals surface area (Å²) in [6, 6.07) is 0. The van der Waals surface area contributed by atoms with Crippen LogP contribution in [0.25, 0.3) is 0 Å². The van der Waals surface area contributed by atoms with E-state index in [-0.39, 0.29) is 18.1 Å². The molecule has 0 bridgehead atoms. The van der Waals surface area contributed by atoms with Gasteiger partial charge in [0.2, 0.25) is 5.89 Å². The van der Waals surface area contributed by atoms with Crippen molar-refractivity contribution in [1.29, 1.82) is 0 Å². The molecule has 9 heteroatoms. The van der Waals surface area contributed by atoms with Crippen molar-refractivity contribution in [3.05, 3.63) is 29.6 Å². The van der Waals surface area contributed by atoms with Crippen LogP contribution in [0.4, 0.5) is 0 Å². The quantitative estimate of drug-likeness (QED) is 0.681. The molecule has 2 aromatic rings. The van der Waals surface area contributed by atoms with Gasteiger partial charge in [0.15, 0.2) is 5.03 Å². The lowest BCUT2D eigenvalue weighted by Crippen LogP contribution is -2.25. The molecule has 0 saturated carbocycles. The molecule has 2 aromatic heterocycles. The van der Waals surface area contributed by atoms with Gasteiger partial charge in [-0.05, 0) is 6.92 Å². The van der Waals surface area contributed by atoms with Gasteiger partial charge in [0.05, 0.1) is 18.9 Å². The Morgan fingerprint density at radius 3 is 2.89 bits per heavy atom. The van der Waals surface area contributed by atoms with Crippen LogP contribution in [0.2, 0.25) is 0 Å². The highest BCUT2D eigenvalue weighted by Crippen LogP contribution is 2.11. The molecule has 0 spiro atoms. The summed E-state index contributed by atoms with van der Waals surface area (Å²) >= 11 is 0. The van der Waals surface area contributed by atoms with E-state index >= 15 is 0 Å². The highest BCUT2D eigenvalue weighted by atomic mass is 32.2. The van der Waals surface area contributed by atoms with E-state index in [0.717, 1.165) is 0 Å². The number of aromatic amines is 1. The SMILES string of the molecule is Cc1cnc(CNS(=O)(=O)c2[nH]ncc2CN)o1. The van der Waals surface area contributed by atoms with Crippen molar-refractivity contribution in [2.75, 3.05) is 0 Å². The van der Waals surface area contributed by atoms with Crippen molar-refractivity contribution in [3.8, 4) is 0 Å². The van der Waals surface area contributed by atoms with Crippen LogP contribution in [0.5, 0.6) is 0 Å². The van der Waals surface area contributed by atoms with Gasteiger partial charge >= 0.3 is 0 Å². The predicted molar refractivity (Wildman–Crippen MR) is 61.7 cm³/mol. The molecule has 2 rings (SSSR count). The normalized spacial score (nSPS) is 11.9. The summed E-state index contributed by atoms with van der Waals surface area (Å²) in [5, 5.41) is 6.03. The average molecular weight is 271 g/mol. The number of hydrogen-bond donors (Lipinski definition) is 3. The highest BCUT2D eigenvalue weighted by Gasteiger charge is 2.20. The summed E-state index contributed by atoms with van der Waals surface area (Å²) in [7, 11) is -3.70. The molecule has 0 aliphatic heterocycles. The number of aromatic nitrogens is 3. The zero-order chi connectivity index (χ0) is 13.2. The molecular formula is C9H13N5O3S. The standard InChI is InChI=1S/C9H13N5O3S/c1-6-3-11-8(17-6)5-13-18(15,16)9-7(2-10)4-12-14-9/h3-4,13H,2,5,10H2,1H3,(H,12,14). The molecule has 0 aliphatic rings. The number of aryl methyl sites for hydroxylation is 1. The Balaban J connectivity index is 2.13. The Hall–Kier alpha value is -1.71. The molecule has 8 nitrogen and oxygen atoms in total. The van der Waals surface area contributed by atoms with E-state index in [1.807, 2.05) is 0 Å². The van der Waals surface area contributed by atoms with E-state index in [1.165, 1.54) is 12.4 Å². The second kappa shape index (κ2) is 4.88. The summed E-state index contributed by atoms with van der Waals surface area (Å²) in [5.41, 5.74) is 5.84. The molecule has 0 radical (unpaired) electrons. The number of sulfonamides is 1. The first-order valence-electron chi connectivity index (χ1n) is 5.16. The van der Waals surface area contributed by atoms with E-state index in [2.05, 4.69) is 19.9 Å². The first-order valence-corrected chi connectivity index (χ1v) is 6.64. The third kappa shape index (κ3) is 2.58. The number of nitrogens with one attached hydrogen (secondary N) is 2. The summed E-state index contributed by atoms with van der Waals surface area (Å²) in [6.45, 7) is 1.79. The monoisotopic (exact) mass is 271 g/mol. The largest absolute Gasteiger partial charge is 0.445 e. The maximum Gasteiger partial charge on any atom is 0.258 e. The number of oxazole rings is 1. The van der Waals surface area contributed by atoms with Gasteiger partial charge in [-0.15, -0.1) is 0 Å². The van der Waals surface area contributed by atoms with Crippen LogP contribution < -0.4 is 10.5 Å². The molecule has 0 aliphatic carbocycles. The van der Waals surface area contributed by atoms with E-state index < -0.39 is 10.0 Å². The van der Waals surface area contributed by atoms with Crippen LogP contribution in [0.1, 0.15) is 17.2 Å². The number of nitrogens with zero attached hydrogens (tertiary/aromatic N) is 2. The summed E-state index contributed by atoms with van der Waals surface area (Å²) in [4.78, 5) is 3.90. The van der Waals surface area contributed by atoms with Gasteiger partial charge in [-0.2, -0.15) is 5.10 Å². The second-order valence-corrected chi connectivity index (χ2v) is 5.32.